The molecule has 1 aromatic carbocycles. The van der Waals surface area contributed by atoms with E-state index < -0.39 is 29.5 Å². The van der Waals surface area contributed by atoms with Gasteiger partial charge in [0.25, 0.3) is 0 Å². The maximum Gasteiger partial charge on any atom is 0.411 e. The first-order valence-corrected chi connectivity index (χ1v) is 8.21. The number of nitrogens with zero attached hydrogens (tertiary/aromatic N) is 1. The van der Waals surface area contributed by atoms with Crippen LogP contribution in [0.15, 0.2) is 30.4 Å². The van der Waals surface area contributed by atoms with Gasteiger partial charge in [0.1, 0.15) is 11.4 Å². The Morgan fingerprint density at radius 2 is 2.00 bits per heavy atom. The Morgan fingerprint density at radius 3 is 2.60 bits per heavy atom. The van der Waals surface area contributed by atoms with Crippen LogP contribution in [0.5, 0.6) is 0 Å². The van der Waals surface area contributed by atoms with Gasteiger partial charge in [-0.05, 0) is 38.8 Å². The number of carbonyl (C=O) groups excluding carboxylic acids is 2. The molecule has 1 aromatic rings. The molecule has 0 fully saturated rings. The van der Waals surface area contributed by atoms with Crippen molar-refractivity contribution in [1.82, 2.24) is 4.90 Å². The lowest BCUT2D eigenvalue weighted by Crippen LogP contribution is -2.40. The van der Waals surface area contributed by atoms with E-state index in [4.69, 9.17) is 4.74 Å². The molecule has 136 valence electrons. The van der Waals surface area contributed by atoms with Gasteiger partial charge in [0.2, 0.25) is 0 Å². The van der Waals surface area contributed by atoms with Crippen molar-refractivity contribution < 1.29 is 23.5 Å². The van der Waals surface area contributed by atoms with Crippen LogP contribution in [0.1, 0.15) is 44.4 Å². The van der Waals surface area contributed by atoms with Crippen LogP contribution in [0.3, 0.4) is 0 Å². The summed E-state index contributed by atoms with van der Waals surface area (Å²) in [7, 11) is 1.29. The fourth-order valence-corrected chi connectivity index (χ4v) is 2.67. The smallest absolute Gasteiger partial charge is 0.411 e. The summed E-state index contributed by atoms with van der Waals surface area (Å²) >= 11 is 0. The van der Waals surface area contributed by atoms with E-state index in [-0.39, 0.29) is 6.42 Å². The van der Waals surface area contributed by atoms with Gasteiger partial charge in [0, 0.05) is 12.1 Å². The molecule has 1 amide bonds. The monoisotopic (exact) mass is 349 g/mol. The summed E-state index contributed by atoms with van der Waals surface area (Å²) in [6.45, 7) is 5.74. The number of amides is 1. The Morgan fingerprint density at radius 1 is 1.28 bits per heavy atom. The molecule has 25 heavy (non-hydrogen) atoms. The fraction of sp³-hybridized carbons (Fsp3) is 0.474. The van der Waals surface area contributed by atoms with Crippen LogP contribution in [0.25, 0.3) is 0 Å². The number of carbonyl (C=O) groups is 2. The normalized spacial score (nSPS) is 17.3. The molecule has 2 rings (SSSR count). The number of methoxy groups -OCH3 is 1. The van der Waals surface area contributed by atoms with Crippen molar-refractivity contribution in [3.8, 4) is 0 Å². The lowest BCUT2D eigenvalue weighted by molar-refractivity contribution is -0.139. The number of rotatable bonds is 3. The van der Waals surface area contributed by atoms with Crippen molar-refractivity contribution in [1.29, 1.82) is 0 Å². The predicted octanol–water partition coefficient (Wildman–Crippen LogP) is 3.78. The molecule has 0 saturated heterocycles. The van der Waals surface area contributed by atoms with E-state index >= 15 is 0 Å². The topological polar surface area (TPSA) is 55.8 Å². The van der Waals surface area contributed by atoms with Crippen molar-refractivity contribution >= 4 is 12.1 Å². The predicted molar refractivity (Wildman–Crippen MR) is 91.6 cm³/mol. The molecule has 1 heterocycles. The van der Waals surface area contributed by atoms with Crippen LogP contribution < -0.4 is 0 Å². The van der Waals surface area contributed by atoms with E-state index in [1.165, 1.54) is 18.1 Å². The summed E-state index contributed by atoms with van der Waals surface area (Å²) in [4.78, 5) is 25.3. The molecule has 0 aliphatic carbocycles. The molecule has 0 bridgehead atoms. The second-order valence-electron chi connectivity index (χ2n) is 6.96. The van der Waals surface area contributed by atoms with Gasteiger partial charge in [0.15, 0.2) is 0 Å². The van der Waals surface area contributed by atoms with E-state index in [1.54, 1.807) is 32.9 Å². The molecule has 1 atom stereocenters. The molecule has 0 aromatic heterocycles. The van der Waals surface area contributed by atoms with E-state index in [0.29, 0.717) is 24.1 Å². The van der Waals surface area contributed by atoms with Crippen molar-refractivity contribution in [2.75, 3.05) is 13.7 Å². The summed E-state index contributed by atoms with van der Waals surface area (Å²) in [5, 5.41) is 0. The van der Waals surface area contributed by atoms with Gasteiger partial charge in [-0.25, -0.2) is 9.18 Å². The Balaban J connectivity index is 2.24. The van der Waals surface area contributed by atoms with Gasteiger partial charge in [-0.2, -0.15) is 0 Å². The van der Waals surface area contributed by atoms with Crippen LogP contribution in [0.2, 0.25) is 0 Å². The van der Waals surface area contributed by atoms with Gasteiger partial charge in [0.05, 0.1) is 19.6 Å². The van der Waals surface area contributed by atoms with Gasteiger partial charge in [-0.3, -0.25) is 9.69 Å². The van der Waals surface area contributed by atoms with Crippen LogP contribution >= 0.6 is 0 Å². The number of esters is 1. The Hall–Kier alpha value is -2.37. The van der Waals surface area contributed by atoms with Crippen molar-refractivity contribution in [2.45, 2.75) is 45.3 Å². The SMILES string of the molecule is COC(=O)Cc1ccc(C2CC=CCN2C(=O)OC(C)(C)C)c(F)c1. The van der Waals surface area contributed by atoms with Crippen molar-refractivity contribution in [3.05, 3.63) is 47.3 Å². The van der Waals surface area contributed by atoms with E-state index in [2.05, 4.69) is 4.74 Å². The Kier molecular flexibility index (Phi) is 5.82. The average Bonchev–Trinajstić information content (AvgIpc) is 2.53. The Labute approximate surface area is 147 Å². The second-order valence-corrected chi connectivity index (χ2v) is 6.96. The highest BCUT2D eigenvalue weighted by Gasteiger charge is 2.31. The molecule has 5 nitrogen and oxygen atoms in total. The number of halogens is 1. The van der Waals surface area contributed by atoms with E-state index in [0.717, 1.165) is 0 Å². The molecule has 1 aliphatic heterocycles. The van der Waals surface area contributed by atoms with Crippen molar-refractivity contribution in [2.24, 2.45) is 0 Å². The molecule has 0 N–H and O–H groups in total. The molecular weight excluding hydrogens is 325 g/mol. The van der Waals surface area contributed by atoms with Gasteiger partial charge < -0.3 is 9.47 Å². The average molecular weight is 349 g/mol. The number of benzene rings is 1. The first-order valence-electron chi connectivity index (χ1n) is 8.21. The summed E-state index contributed by atoms with van der Waals surface area (Å²) in [6.07, 6.45) is 3.83. The number of ether oxygens (including phenoxy) is 2. The first-order chi connectivity index (χ1) is 11.7. The standard InChI is InChI=1S/C19H24FNO4/c1-19(2,3)25-18(23)21-10-6-5-7-16(21)14-9-8-13(11-15(14)20)12-17(22)24-4/h5-6,8-9,11,16H,7,10,12H2,1-4H3. The maximum absolute atomic E-state index is 14.6. The third-order valence-corrected chi connectivity index (χ3v) is 3.83. The minimum Gasteiger partial charge on any atom is -0.469 e. The molecule has 0 spiro atoms. The zero-order chi connectivity index (χ0) is 18.6. The minimum absolute atomic E-state index is 0.00799. The van der Waals surface area contributed by atoms with Crippen molar-refractivity contribution in [3.63, 3.8) is 0 Å². The molecule has 1 aliphatic rings. The molecule has 1 unspecified atom stereocenters. The number of hydrogen-bond acceptors (Lipinski definition) is 4. The molecule has 0 radical (unpaired) electrons. The maximum atomic E-state index is 14.6. The van der Waals surface area contributed by atoms with Crippen LogP contribution in [-0.2, 0) is 20.7 Å². The molecule has 0 saturated carbocycles. The zero-order valence-corrected chi connectivity index (χ0v) is 15.0. The van der Waals surface area contributed by atoms with Gasteiger partial charge in [-0.15, -0.1) is 0 Å². The molecule has 6 heteroatoms. The third-order valence-electron chi connectivity index (χ3n) is 3.83. The van der Waals surface area contributed by atoms with E-state index in [1.807, 2.05) is 12.2 Å². The highest BCUT2D eigenvalue weighted by molar-refractivity contribution is 5.72. The summed E-state index contributed by atoms with van der Waals surface area (Å²) in [5.41, 5.74) is 0.318. The highest BCUT2D eigenvalue weighted by Crippen LogP contribution is 2.31. The lowest BCUT2D eigenvalue weighted by atomic mass is 9.97. The van der Waals surface area contributed by atoms with Crippen LogP contribution in [0, 0.1) is 5.82 Å². The van der Waals surface area contributed by atoms with Crippen LogP contribution in [-0.4, -0.2) is 36.2 Å². The summed E-state index contributed by atoms with van der Waals surface area (Å²) < 4.78 is 24.6. The number of hydrogen-bond donors (Lipinski definition) is 0. The van der Waals surface area contributed by atoms with E-state index in [9.17, 15) is 14.0 Å². The lowest BCUT2D eigenvalue weighted by Gasteiger charge is -2.35. The highest BCUT2D eigenvalue weighted by atomic mass is 19.1. The largest absolute Gasteiger partial charge is 0.469 e. The summed E-state index contributed by atoms with van der Waals surface area (Å²) in [5.74, 6) is -0.876. The second kappa shape index (κ2) is 7.68. The minimum atomic E-state index is -0.619. The summed E-state index contributed by atoms with van der Waals surface area (Å²) in [6, 6.07) is 4.18. The Bertz CT molecular complexity index is 678. The quantitative estimate of drug-likeness (QED) is 0.615. The van der Waals surface area contributed by atoms with Gasteiger partial charge in [-0.1, -0.05) is 24.3 Å². The first kappa shape index (κ1) is 19.0. The third kappa shape index (κ3) is 5.05. The fourth-order valence-electron chi connectivity index (χ4n) is 2.67. The van der Waals surface area contributed by atoms with Gasteiger partial charge >= 0.3 is 12.1 Å². The zero-order valence-electron chi connectivity index (χ0n) is 15.0. The molecular formula is C19H24FNO4. The van der Waals surface area contributed by atoms with Crippen LogP contribution in [0.4, 0.5) is 9.18 Å².